The zero-order chi connectivity index (χ0) is 13.9. The standard InChI is InChI=1S/C16H14N2O2/c1-12-9-18-10-14(7-8-15(18)17-12)16(19)20-11-13-5-3-2-4-6-13/h2-10H,11H2,1H3. The van der Waals surface area contributed by atoms with Gasteiger partial charge in [0.05, 0.1) is 11.3 Å². The molecule has 1 aromatic carbocycles. The first-order valence-corrected chi connectivity index (χ1v) is 6.39. The molecule has 0 amide bonds. The highest BCUT2D eigenvalue weighted by molar-refractivity contribution is 5.89. The van der Waals surface area contributed by atoms with Crippen molar-refractivity contribution >= 4 is 11.6 Å². The first-order chi connectivity index (χ1) is 9.72. The molecule has 2 heterocycles. The van der Waals surface area contributed by atoms with E-state index in [4.69, 9.17) is 4.74 Å². The second kappa shape index (κ2) is 5.17. The van der Waals surface area contributed by atoms with Crippen molar-refractivity contribution in [3.8, 4) is 0 Å². The van der Waals surface area contributed by atoms with Crippen molar-refractivity contribution in [1.29, 1.82) is 0 Å². The van der Waals surface area contributed by atoms with Gasteiger partial charge < -0.3 is 9.14 Å². The minimum absolute atomic E-state index is 0.278. The molecule has 0 bridgehead atoms. The summed E-state index contributed by atoms with van der Waals surface area (Å²) in [6, 6.07) is 13.2. The third-order valence-electron chi connectivity index (χ3n) is 3.02. The molecule has 0 aliphatic rings. The van der Waals surface area contributed by atoms with Crippen LogP contribution in [-0.4, -0.2) is 15.4 Å². The van der Waals surface area contributed by atoms with Gasteiger partial charge in [-0.05, 0) is 24.6 Å². The molecule has 2 aromatic heterocycles. The van der Waals surface area contributed by atoms with Crippen LogP contribution in [0, 0.1) is 6.92 Å². The first kappa shape index (κ1) is 12.4. The fourth-order valence-electron chi connectivity index (χ4n) is 2.05. The Kier molecular flexibility index (Phi) is 3.21. The molecule has 0 aliphatic heterocycles. The minimum atomic E-state index is -0.331. The summed E-state index contributed by atoms with van der Waals surface area (Å²) >= 11 is 0. The zero-order valence-corrected chi connectivity index (χ0v) is 11.1. The number of fused-ring (bicyclic) bond motifs is 1. The van der Waals surface area contributed by atoms with Gasteiger partial charge in [0.2, 0.25) is 0 Å². The van der Waals surface area contributed by atoms with Crippen LogP contribution in [0.15, 0.2) is 54.9 Å². The largest absolute Gasteiger partial charge is 0.457 e. The van der Waals surface area contributed by atoms with Crippen LogP contribution in [0.1, 0.15) is 21.6 Å². The molecule has 4 heteroatoms. The number of carbonyl (C=O) groups excluding carboxylic acids is 1. The molecule has 0 atom stereocenters. The Hall–Kier alpha value is -2.62. The van der Waals surface area contributed by atoms with E-state index in [0.717, 1.165) is 16.9 Å². The van der Waals surface area contributed by atoms with Gasteiger partial charge in [-0.25, -0.2) is 9.78 Å². The summed E-state index contributed by atoms with van der Waals surface area (Å²) in [6.07, 6.45) is 3.62. The van der Waals surface area contributed by atoms with Gasteiger partial charge in [0.25, 0.3) is 0 Å². The van der Waals surface area contributed by atoms with E-state index in [2.05, 4.69) is 4.98 Å². The molecule has 20 heavy (non-hydrogen) atoms. The number of aromatic nitrogens is 2. The van der Waals surface area contributed by atoms with Crippen LogP contribution in [0.25, 0.3) is 5.65 Å². The number of ether oxygens (including phenoxy) is 1. The second-order valence-electron chi connectivity index (χ2n) is 4.63. The van der Waals surface area contributed by atoms with Crippen molar-refractivity contribution in [1.82, 2.24) is 9.38 Å². The highest BCUT2D eigenvalue weighted by atomic mass is 16.5. The van der Waals surface area contributed by atoms with Crippen LogP contribution in [-0.2, 0) is 11.3 Å². The third kappa shape index (κ3) is 2.54. The molecule has 0 spiro atoms. The zero-order valence-electron chi connectivity index (χ0n) is 11.1. The summed E-state index contributed by atoms with van der Waals surface area (Å²) in [5.41, 5.74) is 3.23. The van der Waals surface area contributed by atoms with Gasteiger partial charge in [-0.2, -0.15) is 0 Å². The molecule has 0 saturated carbocycles. The van der Waals surface area contributed by atoms with Gasteiger partial charge in [-0.15, -0.1) is 0 Å². The van der Waals surface area contributed by atoms with E-state index in [9.17, 15) is 4.79 Å². The Morgan fingerprint density at radius 3 is 2.75 bits per heavy atom. The van der Waals surface area contributed by atoms with Crippen LogP contribution < -0.4 is 0 Å². The van der Waals surface area contributed by atoms with Crippen molar-refractivity contribution in [2.45, 2.75) is 13.5 Å². The number of hydrogen-bond donors (Lipinski definition) is 0. The molecule has 100 valence electrons. The first-order valence-electron chi connectivity index (χ1n) is 6.39. The Bertz CT molecular complexity index is 748. The maximum Gasteiger partial charge on any atom is 0.339 e. The lowest BCUT2D eigenvalue weighted by Crippen LogP contribution is -2.06. The quantitative estimate of drug-likeness (QED) is 0.684. The van der Waals surface area contributed by atoms with E-state index < -0.39 is 0 Å². The second-order valence-corrected chi connectivity index (χ2v) is 4.63. The van der Waals surface area contributed by atoms with Gasteiger partial charge in [-0.1, -0.05) is 30.3 Å². The van der Waals surface area contributed by atoms with Crippen molar-refractivity contribution < 1.29 is 9.53 Å². The Labute approximate surface area is 116 Å². The molecular formula is C16H14N2O2. The van der Waals surface area contributed by atoms with E-state index >= 15 is 0 Å². The monoisotopic (exact) mass is 266 g/mol. The normalized spacial score (nSPS) is 10.7. The molecule has 3 rings (SSSR count). The van der Waals surface area contributed by atoms with E-state index in [1.54, 1.807) is 12.3 Å². The maximum atomic E-state index is 12.0. The summed E-state index contributed by atoms with van der Waals surface area (Å²) in [6.45, 7) is 2.20. The minimum Gasteiger partial charge on any atom is -0.457 e. The lowest BCUT2D eigenvalue weighted by Gasteiger charge is -2.05. The number of pyridine rings is 1. The van der Waals surface area contributed by atoms with Crippen LogP contribution in [0.5, 0.6) is 0 Å². The molecular weight excluding hydrogens is 252 g/mol. The molecule has 0 radical (unpaired) electrons. The fourth-order valence-corrected chi connectivity index (χ4v) is 2.05. The van der Waals surface area contributed by atoms with E-state index in [-0.39, 0.29) is 12.6 Å². The summed E-state index contributed by atoms with van der Waals surface area (Å²) in [5, 5.41) is 0. The van der Waals surface area contributed by atoms with Gasteiger partial charge in [0, 0.05) is 12.4 Å². The molecule has 0 fully saturated rings. The van der Waals surface area contributed by atoms with E-state index in [1.165, 1.54) is 0 Å². The number of rotatable bonds is 3. The van der Waals surface area contributed by atoms with Crippen LogP contribution >= 0.6 is 0 Å². The van der Waals surface area contributed by atoms with Gasteiger partial charge in [0.15, 0.2) is 0 Å². The Morgan fingerprint density at radius 2 is 1.95 bits per heavy atom. The molecule has 0 unspecified atom stereocenters. The predicted molar refractivity (Wildman–Crippen MR) is 75.5 cm³/mol. The third-order valence-corrected chi connectivity index (χ3v) is 3.02. The van der Waals surface area contributed by atoms with Crippen LogP contribution in [0.2, 0.25) is 0 Å². The summed E-state index contributed by atoms with van der Waals surface area (Å²) in [7, 11) is 0. The lowest BCUT2D eigenvalue weighted by atomic mass is 10.2. The Morgan fingerprint density at radius 1 is 1.15 bits per heavy atom. The number of aryl methyl sites for hydroxylation is 1. The number of nitrogens with zero attached hydrogens (tertiary/aromatic N) is 2. The van der Waals surface area contributed by atoms with Crippen molar-refractivity contribution in [3.63, 3.8) is 0 Å². The number of carbonyl (C=O) groups is 1. The van der Waals surface area contributed by atoms with Crippen molar-refractivity contribution in [2.24, 2.45) is 0 Å². The molecule has 0 saturated heterocycles. The van der Waals surface area contributed by atoms with Crippen LogP contribution in [0.3, 0.4) is 0 Å². The van der Waals surface area contributed by atoms with E-state index in [0.29, 0.717) is 5.56 Å². The number of benzene rings is 1. The van der Waals surface area contributed by atoms with Gasteiger partial charge >= 0.3 is 5.97 Å². The van der Waals surface area contributed by atoms with Crippen molar-refractivity contribution in [2.75, 3.05) is 0 Å². The topological polar surface area (TPSA) is 43.6 Å². The highest BCUT2D eigenvalue weighted by Gasteiger charge is 2.09. The SMILES string of the molecule is Cc1cn2cc(C(=O)OCc3ccccc3)ccc2n1. The van der Waals surface area contributed by atoms with Gasteiger partial charge in [0.1, 0.15) is 12.3 Å². The summed E-state index contributed by atoms with van der Waals surface area (Å²) in [4.78, 5) is 16.3. The molecule has 0 N–H and O–H groups in total. The van der Waals surface area contributed by atoms with Crippen LogP contribution in [0.4, 0.5) is 0 Å². The summed E-state index contributed by atoms with van der Waals surface area (Å²) in [5.74, 6) is -0.331. The maximum absolute atomic E-state index is 12.0. The number of esters is 1. The number of hydrogen-bond acceptors (Lipinski definition) is 3. The molecule has 3 aromatic rings. The average molecular weight is 266 g/mol. The van der Waals surface area contributed by atoms with Crippen molar-refractivity contribution in [3.05, 3.63) is 71.7 Å². The molecule has 4 nitrogen and oxygen atoms in total. The lowest BCUT2D eigenvalue weighted by molar-refractivity contribution is 0.0472. The fraction of sp³-hybridized carbons (Fsp3) is 0.125. The highest BCUT2D eigenvalue weighted by Crippen LogP contribution is 2.10. The predicted octanol–water partition coefficient (Wildman–Crippen LogP) is 3.00. The Balaban J connectivity index is 1.75. The smallest absolute Gasteiger partial charge is 0.339 e. The summed E-state index contributed by atoms with van der Waals surface area (Å²) < 4.78 is 7.12. The number of imidazole rings is 1. The average Bonchev–Trinajstić information content (AvgIpc) is 2.85. The van der Waals surface area contributed by atoms with Gasteiger partial charge in [-0.3, -0.25) is 0 Å². The molecule has 0 aliphatic carbocycles. The van der Waals surface area contributed by atoms with E-state index in [1.807, 2.05) is 53.9 Å².